The lowest BCUT2D eigenvalue weighted by atomic mass is 10.1. The van der Waals surface area contributed by atoms with E-state index in [1.165, 1.54) is 13.8 Å². The molecule has 0 aromatic heterocycles. The third-order valence-electron chi connectivity index (χ3n) is 3.03. The van der Waals surface area contributed by atoms with Crippen molar-refractivity contribution < 1.29 is 19.1 Å². The Morgan fingerprint density at radius 1 is 0.840 bits per heavy atom. The lowest BCUT2D eigenvalue weighted by molar-refractivity contribution is -0.142. The SMILES string of the molecule is C=Cc1ccc(COC(C)=O)cc1.C=Cc1ccc(OC(C)=O)cc1. The summed E-state index contributed by atoms with van der Waals surface area (Å²) in [6, 6.07) is 14.9. The van der Waals surface area contributed by atoms with E-state index in [1.807, 2.05) is 36.4 Å². The molecule has 4 heteroatoms. The first-order valence-electron chi connectivity index (χ1n) is 7.70. The van der Waals surface area contributed by atoms with Gasteiger partial charge >= 0.3 is 11.9 Å². The van der Waals surface area contributed by atoms with Gasteiger partial charge in [-0.05, 0) is 28.8 Å². The lowest BCUT2D eigenvalue weighted by Crippen LogP contribution is -2.00. The number of rotatable bonds is 5. The van der Waals surface area contributed by atoms with Crippen LogP contribution in [-0.4, -0.2) is 11.9 Å². The molecule has 0 atom stereocenters. The number of esters is 2. The van der Waals surface area contributed by atoms with E-state index in [2.05, 4.69) is 13.2 Å². The summed E-state index contributed by atoms with van der Waals surface area (Å²) in [6.45, 7) is 10.4. The molecule has 0 unspecified atom stereocenters. The Morgan fingerprint density at radius 2 is 1.32 bits per heavy atom. The van der Waals surface area contributed by atoms with Crippen LogP contribution in [-0.2, 0) is 20.9 Å². The van der Waals surface area contributed by atoms with Gasteiger partial charge < -0.3 is 9.47 Å². The smallest absolute Gasteiger partial charge is 0.308 e. The van der Waals surface area contributed by atoms with Crippen LogP contribution >= 0.6 is 0 Å². The first kappa shape index (κ1) is 19.9. The van der Waals surface area contributed by atoms with E-state index in [9.17, 15) is 9.59 Å². The van der Waals surface area contributed by atoms with Crippen LogP contribution in [0.2, 0.25) is 0 Å². The fourth-order valence-electron chi connectivity index (χ4n) is 1.77. The summed E-state index contributed by atoms with van der Waals surface area (Å²) in [6.07, 6.45) is 3.51. The van der Waals surface area contributed by atoms with Crippen LogP contribution in [0.1, 0.15) is 30.5 Å². The molecular weight excluding hydrogens is 316 g/mol. The largest absolute Gasteiger partial charge is 0.461 e. The average Bonchev–Trinajstić information content (AvgIpc) is 2.61. The molecule has 130 valence electrons. The molecule has 0 aliphatic carbocycles. The Balaban J connectivity index is 0.000000251. The van der Waals surface area contributed by atoms with Gasteiger partial charge in [0.2, 0.25) is 0 Å². The molecule has 4 nitrogen and oxygen atoms in total. The van der Waals surface area contributed by atoms with E-state index >= 15 is 0 Å². The lowest BCUT2D eigenvalue weighted by Gasteiger charge is -2.01. The maximum absolute atomic E-state index is 10.5. The second-order valence-electron chi connectivity index (χ2n) is 5.09. The van der Waals surface area contributed by atoms with Gasteiger partial charge in [-0.2, -0.15) is 0 Å². The Hall–Kier alpha value is -3.14. The quantitative estimate of drug-likeness (QED) is 0.588. The maximum atomic E-state index is 10.5. The zero-order valence-electron chi connectivity index (χ0n) is 14.5. The number of hydrogen-bond acceptors (Lipinski definition) is 4. The molecule has 0 amide bonds. The number of carbonyl (C=O) groups excluding carboxylic acids is 2. The first-order chi connectivity index (χ1) is 11.9. The molecule has 0 saturated heterocycles. The summed E-state index contributed by atoms with van der Waals surface area (Å²) in [5.74, 6) is 0.00208. The molecule has 0 radical (unpaired) electrons. The molecule has 25 heavy (non-hydrogen) atoms. The van der Waals surface area contributed by atoms with Crippen molar-refractivity contribution in [3.63, 3.8) is 0 Å². The van der Waals surface area contributed by atoms with E-state index in [-0.39, 0.29) is 11.9 Å². The second kappa shape index (κ2) is 10.6. The fraction of sp³-hybridized carbons (Fsp3) is 0.143. The van der Waals surface area contributed by atoms with Gasteiger partial charge in [0.25, 0.3) is 0 Å². The minimum absolute atomic E-state index is 0.257. The molecule has 0 spiro atoms. The number of carbonyl (C=O) groups is 2. The van der Waals surface area contributed by atoms with Crippen molar-refractivity contribution in [3.05, 3.63) is 78.4 Å². The van der Waals surface area contributed by atoms with Crippen LogP contribution in [0.5, 0.6) is 5.75 Å². The monoisotopic (exact) mass is 338 g/mol. The Bertz CT molecular complexity index is 713. The highest BCUT2D eigenvalue weighted by Gasteiger charge is 1.96. The molecule has 0 aliphatic rings. The zero-order chi connectivity index (χ0) is 18.7. The number of hydrogen-bond donors (Lipinski definition) is 0. The maximum Gasteiger partial charge on any atom is 0.308 e. The van der Waals surface area contributed by atoms with E-state index in [4.69, 9.17) is 9.47 Å². The van der Waals surface area contributed by atoms with E-state index < -0.39 is 0 Å². The van der Waals surface area contributed by atoms with Gasteiger partial charge in [-0.1, -0.05) is 61.7 Å². The predicted molar refractivity (Wildman–Crippen MR) is 99.8 cm³/mol. The third-order valence-corrected chi connectivity index (χ3v) is 3.03. The molecule has 0 saturated carbocycles. The minimum atomic E-state index is -0.304. The Morgan fingerprint density at radius 3 is 1.72 bits per heavy atom. The van der Waals surface area contributed by atoms with Crippen molar-refractivity contribution in [2.45, 2.75) is 20.5 Å². The average molecular weight is 338 g/mol. The standard InChI is InChI=1S/C11H12O2.C10H10O2/c1-3-10-4-6-11(7-5-10)8-13-9(2)12;1-3-9-4-6-10(7-5-9)12-8(2)11/h3-7H,1,8H2,2H3;3-7H,1H2,2H3. The molecule has 0 aliphatic heterocycles. The van der Waals surface area contributed by atoms with Crippen LogP contribution in [0.25, 0.3) is 12.2 Å². The molecule has 2 rings (SSSR count). The summed E-state index contributed by atoms with van der Waals surface area (Å²) in [7, 11) is 0. The molecular formula is C21H22O4. The number of benzene rings is 2. The van der Waals surface area contributed by atoms with Crippen LogP contribution in [0.4, 0.5) is 0 Å². The van der Waals surface area contributed by atoms with Crippen molar-refractivity contribution in [1.29, 1.82) is 0 Å². The molecule has 2 aromatic rings. The summed E-state index contributed by atoms with van der Waals surface area (Å²) < 4.78 is 9.68. The van der Waals surface area contributed by atoms with E-state index in [1.54, 1.807) is 24.3 Å². The van der Waals surface area contributed by atoms with Crippen molar-refractivity contribution in [2.24, 2.45) is 0 Å². The van der Waals surface area contributed by atoms with Crippen molar-refractivity contribution in [1.82, 2.24) is 0 Å². The highest BCUT2D eigenvalue weighted by molar-refractivity contribution is 5.69. The van der Waals surface area contributed by atoms with Crippen LogP contribution in [0.15, 0.2) is 61.7 Å². The van der Waals surface area contributed by atoms with Gasteiger partial charge in [-0.3, -0.25) is 9.59 Å². The van der Waals surface area contributed by atoms with Gasteiger partial charge in [-0.15, -0.1) is 0 Å². The second-order valence-corrected chi connectivity index (χ2v) is 5.09. The van der Waals surface area contributed by atoms with Crippen LogP contribution < -0.4 is 4.74 Å². The zero-order valence-corrected chi connectivity index (χ0v) is 14.5. The highest BCUT2D eigenvalue weighted by Crippen LogP contribution is 2.12. The van der Waals surface area contributed by atoms with Crippen molar-refractivity contribution in [2.75, 3.05) is 0 Å². The van der Waals surface area contributed by atoms with Crippen molar-refractivity contribution in [3.8, 4) is 5.75 Å². The minimum Gasteiger partial charge on any atom is -0.461 e. The summed E-state index contributed by atoms with van der Waals surface area (Å²) in [4.78, 5) is 21.0. The Kier molecular flexibility index (Phi) is 8.44. The summed E-state index contributed by atoms with van der Waals surface area (Å²) >= 11 is 0. The van der Waals surface area contributed by atoms with E-state index in [0.29, 0.717) is 12.4 Å². The van der Waals surface area contributed by atoms with Gasteiger partial charge in [0, 0.05) is 13.8 Å². The third kappa shape index (κ3) is 8.32. The Labute approximate surface area is 148 Å². The first-order valence-corrected chi connectivity index (χ1v) is 7.70. The molecule has 0 bridgehead atoms. The molecule has 0 fully saturated rings. The molecule has 0 N–H and O–H groups in total. The number of ether oxygens (including phenoxy) is 2. The van der Waals surface area contributed by atoms with E-state index in [0.717, 1.165) is 16.7 Å². The normalized spacial score (nSPS) is 9.20. The van der Waals surface area contributed by atoms with Crippen molar-refractivity contribution >= 4 is 24.1 Å². The van der Waals surface area contributed by atoms with Gasteiger partial charge in [0.15, 0.2) is 0 Å². The summed E-state index contributed by atoms with van der Waals surface area (Å²) in [5, 5.41) is 0. The molecule has 0 heterocycles. The van der Waals surface area contributed by atoms with Gasteiger partial charge in [0.05, 0.1) is 0 Å². The predicted octanol–water partition coefficient (Wildman–Crippen LogP) is 4.65. The van der Waals surface area contributed by atoms with Gasteiger partial charge in [-0.25, -0.2) is 0 Å². The topological polar surface area (TPSA) is 52.6 Å². The van der Waals surface area contributed by atoms with Crippen LogP contribution in [0, 0.1) is 0 Å². The van der Waals surface area contributed by atoms with Crippen LogP contribution in [0.3, 0.4) is 0 Å². The summed E-state index contributed by atoms with van der Waals surface area (Å²) in [5.41, 5.74) is 3.05. The highest BCUT2D eigenvalue weighted by atomic mass is 16.5. The van der Waals surface area contributed by atoms with Gasteiger partial charge in [0.1, 0.15) is 12.4 Å². The molecule has 2 aromatic carbocycles. The fourth-order valence-corrected chi connectivity index (χ4v) is 1.77.